The van der Waals surface area contributed by atoms with Crippen molar-refractivity contribution < 1.29 is 19.4 Å². The highest BCUT2D eigenvalue weighted by Crippen LogP contribution is 2.27. The summed E-state index contributed by atoms with van der Waals surface area (Å²) in [6.45, 7) is 1.01. The van der Waals surface area contributed by atoms with Crippen LogP contribution in [0.4, 0.5) is 0 Å². The molecule has 0 saturated carbocycles. The fourth-order valence-corrected chi connectivity index (χ4v) is 3.73. The first-order chi connectivity index (χ1) is 11.1. The molecular formula is C17H23NO4S. The predicted octanol–water partition coefficient (Wildman–Crippen LogP) is 2.45. The van der Waals surface area contributed by atoms with Gasteiger partial charge in [0.1, 0.15) is 5.54 Å². The van der Waals surface area contributed by atoms with Gasteiger partial charge >= 0.3 is 5.97 Å². The summed E-state index contributed by atoms with van der Waals surface area (Å²) in [5.74, 6) is 0.411. The molecule has 0 spiro atoms. The Kier molecular flexibility index (Phi) is 6.92. The SMILES string of the molecule is O=C(CCCOCc1ccccc1)NC1(C(=O)O)CCSCC1. The van der Waals surface area contributed by atoms with Gasteiger partial charge in [-0.05, 0) is 36.3 Å². The lowest BCUT2D eigenvalue weighted by molar-refractivity contribution is -0.148. The predicted molar refractivity (Wildman–Crippen MR) is 90.4 cm³/mol. The largest absolute Gasteiger partial charge is 0.480 e. The van der Waals surface area contributed by atoms with E-state index < -0.39 is 11.5 Å². The average molecular weight is 337 g/mol. The van der Waals surface area contributed by atoms with Gasteiger partial charge in [-0.25, -0.2) is 4.79 Å². The van der Waals surface area contributed by atoms with Crippen molar-refractivity contribution in [2.45, 2.75) is 37.8 Å². The number of carbonyl (C=O) groups is 2. The Hall–Kier alpha value is -1.53. The summed E-state index contributed by atoms with van der Waals surface area (Å²) >= 11 is 1.73. The van der Waals surface area contributed by atoms with Gasteiger partial charge in [-0.15, -0.1) is 0 Å². The minimum atomic E-state index is -1.08. The van der Waals surface area contributed by atoms with Crippen molar-refractivity contribution in [3.05, 3.63) is 35.9 Å². The van der Waals surface area contributed by atoms with Gasteiger partial charge in [-0.1, -0.05) is 30.3 Å². The highest BCUT2D eigenvalue weighted by atomic mass is 32.2. The third-order valence-corrected chi connectivity index (χ3v) is 4.92. The van der Waals surface area contributed by atoms with Crippen molar-refractivity contribution in [3.63, 3.8) is 0 Å². The Labute approximate surface area is 140 Å². The first-order valence-corrected chi connectivity index (χ1v) is 9.02. The van der Waals surface area contributed by atoms with Crippen molar-refractivity contribution in [2.24, 2.45) is 0 Å². The zero-order chi connectivity index (χ0) is 16.5. The van der Waals surface area contributed by atoms with E-state index in [1.165, 1.54) is 0 Å². The van der Waals surface area contributed by atoms with Gasteiger partial charge < -0.3 is 15.2 Å². The Morgan fingerprint density at radius 2 is 1.91 bits per heavy atom. The number of hydrogen-bond acceptors (Lipinski definition) is 4. The average Bonchev–Trinajstić information content (AvgIpc) is 2.56. The molecule has 2 N–H and O–H groups in total. The van der Waals surface area contributed by atoms with Crippen LogP contribution in [-0.2, 0) is 20.9 Å². The van der Waals surface area contributed by atoms with Crippen molar-refractivity contribution in [3.8, 4) is 0 Å². The molecule has 0 radical (unpaired) electrons. The van der Waals surface area contributed by atoms with Gasteiger partial charge in [-0.3, -0.25) is 4.79 Å². The number of nitrogens with one attached hydrogen (secondary N) is 1. The number of carboxylic acid groups (broad SMARTS) is 1. The molecule has 23 heavy (non-hydrogen) atoms. The summed E-state index contributed by atoms with van der Waals surface area (Å²) in [7, 11) is 0. The number of aliphatic carboxylic acids is 1. The maximum Gasteiger partial charge on any atom is 0.329 e. The molecular weight excluding hydrogens is 314 g/mol. The summed E-state index contributed by atoms with van der Waals surface area (Å²) in [4.78, 5) is 23.5. The lowest BCUT2D eigenvalue weighted by Gasteiger charge is -2.33. The second-order valence-corrected chi connectivity index (χ2v) is 6.91. The standard InChI is InChI=1S/C17H23NO4S/c19-15(18-17(16(20)21)8-11-23-12-9-17)7-4-10-22-13-14-5-2-1-3-6-14/h1-3,5-6H,4,7-13H2,(H,18,19)(H,20,21). The number of carbonyl (C=O) groups excluding carboxylic acids is 1. The summed E-state index contributed by atoms with van der Waals surface area (Å²) in [5.41, 5.74) is 0.0224. The van der Waals surface area contributed by atoms with E-state index in [1.54, 1.807) is 11.8 Å². The van der Waals surface area contributed by atoms with Crippen molar-refractivity contribution in [1.29, 1.82) is 0 Å². The smallest absolute Gasteiger partial charge is 0.329 e. The van der Waals surface area contributed by atoms with Crippen molar-refractivity contribution in [1.82, 2.24) is 5.32 Å². The van der Waals surface area contributed by atoms with Crippen molar-refractivity contribution >= 4 is 23.6 Å². The summed E-state index contributed by atoms with van der Waals surface area (Å²) in [6, 6.07) is 9.85. The van der Waals surface area contributed by atoms with Gasteiger partial charge in [0.15, 0.2) is 0 Å². The van der Waals surface area contributed by atoms with Crippen LogP contribution in [0.3, 0.4) is 0 Å². The number of hydrogen-bond donors (Lipinski definition) is 2. The van der Waals surface area contributed by atoms with Crippen LogP contribution in [0, 0.1) is 0 Å². The maximum atomic E-state index is 12.0. The highest BCUT2D eigenvalue weighted by Gasteiger charge is 2.40. The van der Waals surface area contributed by atoms with E-state index in [-0.39, 0.29) is 12.3 Å². The van der Waals surface area contributed by atoms with Crippen LogP contribution in [-0.4, -0.2) is 40.6 Å². The molecule has 1 aliphatic heterocycles. The molecule has 0 bridgehead atoms. The molecule has 0 aromatic heterocycles. The van der Waals surface area contributed by atoms with Gasteiger partial charge in [0.2, 0.25) is 5.91 Å². The highest BCUT2D eigenvalue weighted by molar-refractivity contribution is 7.99. The lowest BCUT2D eigenvalue weighted by atomic mass is 9.92. The van der Waals surface area contributed by atoms with Gasteiger partial charge in [-0.2, -0.15) is 11.8 Å². The van der Waals surface area contributed by atoms with E-state index in [9.17, 15) is 14.7 Å². The number of rotatable bonds is 8. The number of thioether (sulfide) groups is 1. The number of amides is 1. The third-order valence-electron chi connectivity index (χ3n) is 3.94. The molecule has 0 unspecified atom stereocenters. The quantitative estimate of drug-likeness (QED) is 0.713. The number of ether oxygens (including phenoxy) is 1. The molecule has 1 saturated heterocycles. The first kappa shape index (κ1) is 17.8. The molecule has 1 aliphatic rings. The zero-order valence-electron chi connectivity index (χ0n) is 13.1. The monoisotopic (exact) mass is 337 g/mol. The maximum absolute atomic E-state index is 12.0. The molecule has 5 nitrogen and oxygen atoms in total. The van der Waals surface area contributed by atoms with Crippen LogP contribution < -0.4 is 5.32 Å². The molecule has 0 atom stereocenters. The molecule has 1 aromatic carbocycles. The van der Waals surface area contributed by atoms with Crippen LogP contribution in [0.25, 0.3) is 0 Å². The third kappa shape index (κ3) is 5.55. The van der Waals surface area contributed by atoms with E-state index in [4.69, 9.17) is 4.74 Å². The molecule has 2 rings (SSSR count). The van der Waals surface area contributed by atoms with E-state index in [1.807, 2.05) is 30.3 Å². The Morgan fingerprint density at radius 1 is 1.22 bits per heavy atom. The van der Waals surface area contributed by atoms with Gasteiger partial charge in [0.05, 0.1) is 6.61 Å². The van der Waals surface area contributed by atoms with E-state index in [0.717, 1.165) is 17.1 Å². The minimum absolute atomic E-state index is 0.206. The van der Waals surface area contributed by atoms with Crippen LogP contribution in [0.1, 0.15) is 31.2 Å². The molecule has 1 fully saturated rings. The second kappa shape index (κ2) is 8.93. The number of benzene rings is 1. The molecule has 6 heteroatoms. The summed E-state index contributed by atoms with van der Waals surface area (Å²) < 4.78 is 5.53. The molecule has 126 valence electrons. The van der Waals surface area contributed by atoms with Crippen molar-refractivity contribution in [2.75, 3.05) is 18.1 Å². The normalized spacial score (nSPS) is 16.7. The Bertz CT molecular complexity index is 515. The van der Waals surface area contributed by atoms with Crippen LogP contribution >= 0.6 is 11.8 Å². The van der Waals surface area contributed by atoms with Gasteiger partial charge in [0.25, 0.3) is 0 Å². The van der Waals surface area contributed by atoms with E-state index in [2.05, 4.69) is 5.32 Å². The Morgan fingerprint density at radius 3 is 2.57 bits per heavy atom. The molecule has 1 aromatic rings. The van der Waals surface area contributed by atoms with E-state index >= 15 is 0 Å². The summed E-state index contributed by atoms with van der Waals surface area (Å²) in [6.07, 6.45) is 1.85. The first-order valence-electron chi connectivity index (χ1n) is 7.86. The van der Waals surface area contributed by atoms with Crippen LogP contribution in [0.5, 0.6) is 0 Å². The number of carboxylic acids is 1. The fourth-order valence-electron chi connectivity index (χ4n) is 2.54. The Balaban J connectivity index is 1.67. The van der Waals surface area contributed by atoms with Crippen LogP contribution in [0.2, 0.25) is 0 Å². The van der Waals surface area contributed by atoms with E-state index in [0.29, 0.717) is 32.5 Å². The zero-order valence-corrected chi connectivity index (χ0v) is 13.9. The molecule has 1 amide bonds. The minimum Gasteiger partial charge on any atom is -0.480 e. The lowest BCUT2D eigenvalue weighted by Crippen LogP contribution is -2.56. The molecule has 1 heterocycles. The summed E-state index contributed by atoms with van der Waals surface area (Å²) in [5, 5.41) is 12.2. The molecule has 0 aliphatic carbocycles. The van der Waals surface area contributed by atoms with Crippen LogP contribution in [0.15, 0.2) is 30.3 Å². The van der Waals surface area contributed by atoms with Gasteiger partial charge in [0, 0.05) is 13.0 Å². The fraction of sp³-hybridized carbons (Fsp3) is 0.529. The second-order valence-electron chi connectivity index (χ2n) is 5.69. The topological polar surface area (TPSA) is 75.6 Å².